The van der Waals surface area contributed by atoms with E-state index in [9.17, 15) is 9.18 Å². The van der Waals surface area contributed by atoms with Crippen molar-refractivity contribution in [1.82, 2.24) is 0 Å². The molecule has 0 heterocycles. The summed E-state index contributed by atoms with van der Waals surface area (Å²) in [5, 5.41) is 0. The molecule has 0 saturated heterocycles. The summed E-state index contributed by atoms with van der Waals surface area (Å²) in [7, 11) is -2.26. The maximum Gasteiger partial charge on any atom is 0.313 e. The van der Waals surface area contributed by atoms with Gasteiger partial charge in [0.15, 0.2) is 0 Å². The Morgan fingerprint density at radius 3 is 1.58 bits per heavy atom. The molecule has 0 spiro atoms. The van der Waals surface area contributed by atoms with Crippen molar-refractivity contribution in [3.05, 3.63) is 90.7 Å². The fourth-order valence-corrected chi connectivity index (χ4v) is 5.64. The van der Waals surface area contributed by atoms with Crippen LogP contribution in [0.1, 0.15) is 6.92 Å². The topological polar surface area (TPSA) is 26.3 Å². The van der Waals surface area contributed by atoms with Crippen molar-refractivity contribution < 1.29 is 13.4 Å². The maximum atomic E-state index is 13.4. The van der Waals surface area contributed by atoms with Crippen LogP contribution in [0.3, 0.4) is 0 Å². The highest BCUT2D eigenvalue weighted by Gasteiger charge is 2.34. The van der Waals surface area contributed by atoms with E-state index in [1.54, 1.807) is 12.1 Å². The molecule has 0 aliphatic heterocycles. The molecule has 4 heteroatoms. The predicted octanol–water partition coefficient (Wildman–Crippen LogP) is 5.59. The fourth-order valence-electron chi connectivity index (χ4n) is 2.58. The minimum Gasteiger partial charge on any atom is -0.402 e. The highest BCUT2D eigenvalue weighted by molar-refractivity contribution is 8.30. The molecule has 0 aromatic heterocycles. The van der Waals surface area contributed by atoms with Crippen LogP contribution in [-0.4, -0.2) is 5.97 Å². The maximum absolute atomic E-state index is 13.4. The fraction of sp³-hybridized carbons (Fsp3) is 0.0500. The van der Waals surface area contributed by atoms with E-state index in [0.29, 0.717) is 0 Å². The van der Waals surface area contributed by atoms with Gasteiger partial charge in [0.2, 0.25) is 0 Å². The zero-order valence-electron chi connectivity index (χ0n) is 13.2. The van der Waals surface area contributed by atoms with Crippen molar-refractivity contribution in [2.45, 2.75) is 21.6 Å². The molecule has 122 valence electrons. The highest BCUT2D eigenvalue weighted by Crippen LogP contribution is 2.69. The number of halogens is 1. The third kappa shape index (κ3) is 3.05. The molecule has 0 aliphatic rings. The van der Waals surface area contributed by atoms with Crippen molar-refractivity contribution in [2.24, 2.45) is 0 Å². The third-order valence-electron chi connectivity index (χ3n) is 3.54. The van der Waals surface area contributed by atoms with Gasteiger partial charge in [-0.15, -0.1) is 0 Å². The molecular formula is C20H17FO2S. The van der Waals surface area contributed by atoms with Crippen LogP contribution in [0.25, 0.3) is 0 Å². The van der Waals surface area contributed by atoms with E-state index in [0.717, 1.165) is 14.7 Å². The third-order valence-corrected chi connectivity index (χ3v) is 6.83. The van der Waals surface area contributed by atoms with Gasteiger partial charge in [-0.2, -0.15) is 0 Å². The molecule has 0 radical (unpaired) electrons. The van der Waals surface area contributed by atoms with E-state index in [4.69, 9.17) is 4.18 Å². The van der Waals surface area contributed by atoms with E-state index in [1.807, 2.05) is 60.7 Å². The zero-order valence-corrected chi connectivity index (χ0v) is 14.0. The number of benzene rings is 3. The van der Waals surface area contributed by atoms with Gasteiger partial charge in [-0.25, -0.2) is 4.39 Å². The minimum absolute atomic E-state index is 0.323. The SMILES string of the molecule is CC(=O)OS(c1ccccc1)(c1ccccc1)c1ccc(F)cc1. The molecule has 0 amide bonds. The van der Waals surface area contributed by atoms with Crippen molar-refractivity contribution >= 4 is 16.3 Å². The summed E-state index contributed by atoms with van der Waals surface area (Å²) >= 11 is 0. The Hall–Kier alpha value is -2.59. The summed E-state index contributed by atoms with van der Waals surface area (Å²) < 4.78 is 19.4. The van der Waals surface area contributed by atoms with Crippen LogP contribution >= 0.6 is 10.3 Å². The molecule has 0 aliphatic carbocycles. The van der Waals surface area contributed by atoms with Gasteiger partial charge in [-0.1, -0.05) is 36.4 Å². The van der Waals surface area contributed by atoms with Crippen molar-refractivity contribution in [2.75, 3.05) is 0 Å². The Morgan fingerprint density at radius 1 is 0.750 bits per heavy atom. The van der Waals surface area contributed by atoms with Crippen LogP contribution in [0.4, 0.5) is 4.39 Å². The lowest BCUT2D eigenvalue weighted by Gasteiger charge is -2.39. The molecule has 2 nitrogen and oxygen atoms in total. The minimum atomic E-state index is -2.26. The van der Waals surface area contributed by atoms with Gasteiger partial charge < -0.3 is 4.18 Å². The second-order valence-electron chi connectivity index (χ2n) is 5.21. The average molecular weight is 340 g/mol. The lowest BCUT2D eigenvalue weighted by Crippen LogP contribution is -2.11. The van der Waals surface area contributed by atoms with Crippen molar-refractivity contribution in [3.63, 3.8) is 0 Å². The molecule has 3 aromatic carbocycles. The van der Waals surface area contributed by atoms with Gasteiger partial charge in [-0.3, -0.25) is 4.79 Å². The molecule has 0 fully saturated rings. The first-order valence-electron chi connectivity index (χ1n) is 7.52. The van der Waals surface area contributed by atoms with Crippen LogP contribution < -0.4 is 0 Å². The Kier molecular flexibility index (Phi) is 4.67. The average Bonchev–Trinajstić information content (AvgIpc) is 2.62. The Bertz CT molecular complexity index is 778. The van der Waals surface area contributed by atoms with Gasteiger partial charge in [-0.05, 0) is 58.8 Å². The Morgan fingerprint density at radius 2 is 1.17 bits per heavy atom. The van der Waals surface area contributed by atoms with Crippen LogP contribution in [0.15, 0.2) is 99.6 Å². The number of hydrogen-bond acceptors (Lipinski definition) is 2. The quantitative estimate of drug-likeness (QED) is 0.619. The molecule has 0 saturated carbocycles. The monoisotopic (exact) mass is 340 g/mol. The van der Waals surface area contributed by atoms with E-state index in [-0.39, 0.29) is 11.8 Å². The lowest BCUT2D eigenvalue weighted by atomic mass is 10.3. The first-order chi connectivity index (χ1) is 11.6. The van der Waals surface area contributed by atoms with E-state index in [1.165, 1.54) is 19.1 Å². The first-order valence-corrected chi connectivity index (χ1v) is 9.08. The normalized spacial score (nSPS) is 11.8. The van der Waals surface area contributed by atoms with Gasteiger partial charge in [0.05, 0.1) is 0 Å². The largest absolute Gasteiger partial charge is 0.402 e. The van der Waals surface area contributed by atoms with Crippen LogP contribution in [0.2, 0.25) is 0 Å². The smallest absolute Gasteiger partial charge is 0.313 e. The number of rotatable bonds is 4. The molecule has 24 heavy (non-hydrogen) atoms. The van der Waals surface area contributed by atoms with Crippen molar-refractivity contribution in [3.8, 4) is 0 Å². The van der Waals surface area contributed by atoms with Crippen LogP contribution in [0.5, 0.6) is 0 Å². The number of carbonyl (C=O) groups is 1. The van der Waals surface area contributed by atoms with E-state index < -0.39 is 10.3 Å². The zero-order chi connectivity index (χ0) is 17.0. The molecule has 3 aromatic rings. The summed E-state index contributed by atoms with van der Waals surface area (Å²) in [5.41, 5.74) is 0. The van der Waals surface area contributed by atoms with Crippen molar-refractivity contribution in [1.29, 1.82) is 0 Å². The molecular weight excluding hydrogens is 323 g/mol. The van der Waals surface area contributed by atoms with Gasteiger partial charge >= 0.3 is 5.97 Å². The molecule has 0 unspecified atom stereocenters. The second-order valence-corrected chi connectivity index (χ2v) is 7.90. The van der Waals surface area contributed by atoms with Crippen LogP contribution in [0, 0.1) is 5.82 Å². The number of carbonyl (C=O) groups excluding carboxylic acids is 1. The summed E-state index contributed by atoms with van der Waals surface area (Å²) in [6, 6.07) is 25.4. The lowest BCUT2D eigenvalue weighted by molar-refractivity contribution is -0.131. The van der Waals surface area contributed by atoms with E-state index >= 15 is 0 Å². The molecule has 0 atom stereocenters. The van der Waals surface area contributed by atoms with E-state index in [2.05, 4.69) is 0 Å². The Balaban J connectivity index is 2.32. The summed E-state index contributed by atoms with van der Waals surface area (Å²) in [6.45, 7) is 1.40. The second kappa shape index (κ2) is 6.89. The number of hydrogen-bond donors (Lipinski definition) is 0. The van der Waals surface area contributed by atoms with Gasteiger partial charge in [0.1, 0.15) is 5.82 Å². The summed E-state index contributed by atoms with van der Waals surface area (Å²) in [6.07, 6.45) is 0. The summed E-state index contributed by atoms with van der Waals surface area (Å²) in [4.78, 5) is 14.5. The summed E-state index contributed by atoms with van der Waals surface area (Å²) in [5.74, 6) is -0.696. The highest BCUT2D eigenvalue weighted by atomic mass is 32.3. The predicted molar refractivity (Wildman–Crippen MR) is 93.4 cm³/mol. The van der Waals surface area contributed by atoms with Crippen LogP contribution in [-0.2, 0) is 8.98 Å². The van der Waals surface area contributed by atoms with Gasteiger partial charge in [0.25, 0.3) is 0 Å². The first kappa shape index (κ1) is 16.3. The Labute approximate surface area is 142 Å². The standard InChI is InChI=1S/C20H17FO2S/c1-16(22)23-24(18-8-4-2-5-9-18,19-10-6-3-7-11-19)20-14-12-17(21)13-15-20/h2-15H,1H3. The molecule has 0 bridgehead atoms. The van der Waals surface area contributed by atoms with Gasteiger partial charge in [0, 0.05) is 21.6 Å². The molecule has 3 rings (SSSR count). The molecule has 0 N–H and O–H groups in total.